The topological polar surface area (TPSA) is 180 Å². The van der Waals surface area contributed by atoms with Crippen LogP contribution in [0.4, 0.5) is 0 Å². The van der Waals surface area contributed by atoms with Crippen LogP contribution >= 0.6 is 0 Å². The van der Waals surface area contributed by atoms with Gasteiger partial charge in [0.15, 0.2) is 0 Å². The third-order valence-electron chi connectivity index (χ3n) is 7.66. The monoisotopic (exact) mass is 517 g/mol. The Bertz CT molecular complexity index is 1280. The maximum absolute atomic E-state index is 13.2. The molecule has 2 atom stereocenters. The summed E-state index contributed by atoms with van der Waals surface area (Å²) in [5, 5.41) is 23.3. The Morgan fingerprint density at radius 2 is 1.63 bits per heavy atom. The number of nitrogens with one attached hydrogen (secondary N) is 1. The third-order valence-corrected chi connectivity index (χ3v) is 7.66. The molecule has 38 heavy (non-hydrogen) atoms. The molecule has 10 heteroatoms. The summed E-state index contributed by atoms with van der Waals surface area (Å²) in [6, 6.07) is 10.9. The first-order chi connectivity index (χ1) is 18.1. The van der Waals surface area contributed by atoms with E-state index in [2.05, 4.69) is 11.4 Å². The Kier molecular flexibility index (Phi) is 7.51. The second-order valence-corrected chi connectivity index (χ2v) is 10.0. The van der Waals surface area contributed by atoms with Gasteiger partial charge >= 0.3 is 5.97 Å². The number of hydrogen-bond donors (Lipinski definition) is 4. The van der Waals surface area contributed by atoms with E-state index in [9.17, 15) is 29.5 Å². The summed E-state index contributed by atoms with van der Waals surface area (Å²) >= 11 is 0. The van der Waals surface area contributed by atoms with E-state index in [1.54, 1.807) is 29.2 Å². The van der Waals surface area contributed by atoms with Crippen LogP contribution < -0.4 is 16.8 Å². The van der Waals surface area contributed by atoms with Gasteiger partial charge in [0.05, 0.1) is 12.6 Å². The van der Waals surface area contributed by atoms with Crippen LogP contribution in [0.2, 0.25) is 0 Å². The average Bonchev–Trinajstić information content (AvgIpc) is 3.33. The molecule has 0 spiro atoms. The number of carboxylic acid groups (broad SMARTS) is 1. The summed E-state index contributed by atoms with van der Waals surface area (Å²) in [5.41, 5.74) is 12.4. The maximum atomic E-state index is 13.2. The van der Waals surface area contributed by atoms with Gasteiger partial charge in [-0.25, -0.2) is 0 Å². The highest BCUT2D eigenvalue weighted by molar-refractivity contribution is 5.95. The molecule has 2 aromatic carbocycles. The molecule has 0 unspecified atom stereocenters. The highest BCUT2D eigenvalue weighted by atomic mass is 16.4. The predicted octanol–water partition coefficient (Wildman–Crippen LogP) is 1.24. The highest BCUT2D eigenvalue weighted by Gasteiger charge is 2.47. The number of carbonyl (C=O) groups excluding carboxylic acids is 3. The van der Waals surface area contributed by atoms with Crippen LogP contribution in [0.1, 0.15) is 69.2 Å². The van der Waals surface area contributed by atoms with E-state index in [4.69, 9.17) is 11.5 Å². The lowest BCUT2D eigenvalue weighted by atomic mass is 9.68. The number of aliphatic carboxylic acids is 1. The molecular weight excluding hydrogens is 486 g/mol. The van der Waals surface area contributed by atoms with E-state index < -0.39 is 35.3 Å². The van der Waals surface area contributed by atoms with Crippen LogP contribution in [0, 0.1) is 11.3 Å². The Hall–Kier alpha value is -4.23. The molecule has 0 bridgehead atoms. The zero-order valence-corrected chi connectivity index (χ0v) is 21.2. The van der Waals surface area contributed by atoms with Crippen molar-refractivity contribution < 1.29 is 24.3 Å². The fourth-order valence-corrected chi connectivity index (χ4v) is 5.79. The summed E-state index contributed by atoms with van der Waals surface area (Å²) in [4.78, 5) is 51.3. The van der Waals surface area contributed by atoms with Gasteiger partial charge in [0, 0.05) is 23.7 Å². The standard InChI is InChI=1S/C28H31N5O5/c1-16(32-15-24(34)33-10-2-3-21(33)14-29)13-28(27(37)38)22-8-6-19(25(30)35)11-17(22)4-5-18-12-20(26(31)36)7-9-23(18)28/h6-9,11-12,16,21,32H,2-5,10,13,15H2,1H3,(H2,30,35)(H2,31,36)(H,37,38)/t16-,21-/m0/s1. The molecule has 198 valence electrons. The molecule has 0 aromatic heterocycles. The third kappa shape index (κ3) is 4.85. The van der Waals surface area contributed by atoms with E-state index >= 15 is 0 Å². The van der Waals surface area contributed by atoms with Crippen molar-refractivity contribution >= 4 is 23.7 Å². The number of primary amides is 2. The number of carboxylic acids is 1. The Morgan fingerprint density at radius 1 is 1.08 bits per heavy atom. The Balaban J connectivity index is 1.74. The zero-order valence-electron chi connectivity index (χ0n) is 21.2. The fraction of sp³-hybridized carbons (Fsp3) is 0.393. The number of hydrogen-bond acceptors (Lipinski definition) is 6. The zero-order chi connectivity index (χ0) is 27.6. The van der Waals surface area contributed by atoms with Crippen LogP contribution in [0.3, 0.4) is 0 Å². The van der Waals surface area contributed by atoms with Crippen molar-refractivity contribution in [1.82, 2.24) is 10.2 Å². The van der Waals surface area contributed by atoms with Crippen molar-refractivity contribution in [2.24, 2.45) is 11.5 Å². The summed E-state index contributed by atoms with van der Waals surface area (Å²) in [6.45, 7) is 2.30. The van der Waals surface area contributed by atoms with E-state index in [0.29, 0.717) is 48.1 Å². The van der Waals surface area contributed by atoms with Crippen molar-refractivity contribution in [3.05, 3.63) is 69.8 Å². The molecule has 0 saturated carbocycles. The lowest BCUT2D eigenvalue weighted by molar-refractivity contribution is -0.142. The number of benzene rings is 2. The van der Waals surface area contributed by atoms with Gasteiger partial charge in [0.1, 0.15) is 11.5 Å². The number of nitriles is 1. The van der Waals surface area contributed by atoms with Gasteiger partial charge in [0.25, 0.3) is 0 Å². The summed E-state index contributed by atoms with van der Waals surface area (Å²) < 4.78 is 0. The number of carbonyl (C=O) groups is 4. The minimum absolute atomic E-state index is 0.0318. The van der Waals surface area contributed by atoms with E-state index in [1.807, 2.05) is 6.92 Å². The number of aryl methyl sites for hydroxylation is 2. The first-order valence-electron chi connectivity index (χ1n) is 12.6. The molecule has 6 N–H and O–H groups in total. The molecule has 1 aliphatic carbocycles. The van der Waals surface area contributed by atoms with Gasteiger partial charge < -0.3 is 26.8 Å². The Labute approximate surface area is 220 Å². The normalized spacial score (nSPS) is 18.4. The van der Waals surface area contributed by atoms with Gasteiger partial charge in [-0.2, -0.15) is 5.26 Å². The van der Waals surface area contributed by atoms with Crippen LogP contribution in [-0.4, -0.2) is 58.9 Å². The van der Waals surface area contributed by atoms with Crippen LogP contribution in [-0.2, 0) is 27.8 Å². The average molecular weight is 518 g/mol. The fourth-order valence-electron chi connectivity index (χ4n) is 5.79. The summed E-state index contributed by atoms with van der Waals surface area (Å²) in [6.07, 6.45) is 2.38. The lowest BCUT2D eigenvalue weighted by Crippen LogP contribution is -2.47. The highest BCUT2D eigenvalue weighted by Crippen LogP contribution is 2.44. The largest absolute Gasteiger partial charge is 0.480 e. The van der Waals surface area contributed by atoms with Gasteiger partial charge in [-0.05, 0) is 85.5 Å². The van der Waals surface area contributed by atoms with Crippen molar-refractivity contribution in [1.29, 1.82) is 5.26 Å². The number of rotatable bonds is 8. The van der Waals surface area contributed by atoms with Crippen LogP contribution in [0.5, 0.6) is 0 Å². The molecule has 0 radical (unpaired) electrons. The molecule has 1 saturated heterocycles. The number of amides is 3. The first-order valence-corrected chi connectivity index (χ1v) is 12.6. The molecule has 3 amide bonds. The molecule has 2 aliphatic rings. The smallest absolute Gasteiger partial charge is 0.318 e. The Morgan fingerprint density at radius 3 is 2.11 bits per heavy atom. The minimum Gasteiger partial charge on any atom is -0.480 e. The maximum Gasteiger partial charge on any atom is 0.318 e. The summed E-state index contributed by atoms with van der Waals surface area (Å²) in [5.74, 6) is -2.52. The van der Waals surface area contributed by atoms with Gasteiger partial charge in [0.2, 0.25) is 17.7 Å². The quantitative estimate of drug-likeness (QED) is 0.406. The van der Waals surface area contributed by atoms with Gasteiger partial charge in [-0.15, -0.1) is 0 Å². The van der Waals surface area contributed by atoms with E-state index in [1.165, 1.54) is 12.1 Å². The van der Waals surface area contributed by atoms with Crippen molar-refractivity contribution in [3.63, 3.8) is 0 Å². The molecule has 10 nitrogen and oxygen atoms in total. The van der Waals surface area contributed by atoms with Crippen molar-refractivity contribution in [2.45, 2.75) is 56.5 Å². The van der Waals surface area contributed by atoms with Crippen LogP contribution in [0.15, 0.2) is 36.4 Å². The molecule has 1 aliphatic heterocycles. The van der Waals surface area contributed by atoms with Crippen LogP contribution in [0.25, 0.3) is 0 Å². The molecule has 4 rings (SSSR count). The van der Waals surface area contributed by atoms with E-state index in [-0.39, 0.29) is 30.0 Å². The number of fused-ring (bicyclic) bond motifs is 2. The molecule has 2 aromatic rings. The van der Waals surface area contributed by atoms with Gasteiger partial charge in [-0.3, -0.25) is 19.2 Å². The minimum atomic E-state index is -1.54. The number of likely N-dealkylation sites (tertiary alicyclic amines) is 1. The SMILES string of the molecule is C[C@@H](CC1(C(=O)O)c2ccc(C(N)=O)cc2CCc2cc(C(N)=O)ccc21)NCC(=O)N1CCC[C@H]1C#N. The van der Waals surface area contributed by atoms with E-state index in [0.717, 1.165) is 6.42 Å². The molecule has 1 fully saturated rings. The molecule has 1 heterocycles. The van der Waals surface area contributed by atoms with Gasteiger partial charge in [-0.1, -0.05) is 12.1 Å². The second-order valence-electron chi connectivity index (χ2n) is 10.0. The second kappa shape index (κ2) is 10.6. The van der Waals surface area contributed by atoms with Crippen molar-refractivity contribution in [2.75, 3.05) is 13.1 Å². The first kappa shape index (κ1) is 26.8. The number of nitrogens with two attached hydrogens (primary N) is 2. The lowest BCUT2D eigenvalue weighted by Gasteiger charge is -2.35. The predicted molar refractivity (Wildman–Crippen MR) is 138 cm³/mol. The molecular formula is C28H31N5O5. The summed E-state index contributed by atoms with van der Waals surface area (Å²) in [7, 11) is 0. The van der Waals surface area contributed by atoms with Crippen molar-refractivity contribution in [3.8, 4) is 6.07 Å². The number of nitrogens with zero attached hydrogens (tertiary/aromatic N) is 2.